The van der Waals surface area contributed by atoms with E-state index in [4.69, 9.17) is 0 Å². The van der Waals surface area contributed by atoms with Crippen molar-refractivity contribution < 1.29 is 9.90 Å². The molecule has 3 N–H and O–H groups in total. The van der Waals surface area contributed by atoms with E-state index in [-0.39, 0.29) is 6.03 Å². The standard InChI is InChI=1S/C17H28N4O2/c1-13-11-19-21(14-7-3-4-8-14)15(13)20-16(22)18-12-17(23)9-5-2-6-10-17/h11,14,23H,2-10,12H2,1H3,(H2,18,20,22). The molecule has 1 aromatic rings. The molecule has 0 aliphatic heterocycles. The van der Waals surface area contributed by atoms with Gasteiger partial charge in [-0.2, -0.15) is 5.10 Å². The molecule has 1 aromatic heterocycles. The predicted molar refractivity (Wildman–Crippen MR) is 89.5 cm³/mol. The molecule has 0 saturated heterocycles. The summed E-state index contributed by atoms with van der Waals surface area (Å²) in [5.41, 5.74) is 0.236. The smallest absolute Gasteiger partial charge is 0.320 e. The van der Waals surface area contributed by atoms with Crippen LogP contribution < -0.4 is 10.6 Å². The van der Waals surface area contributed by atoms with E-state index in [2.05, 4.69) is 15.7 Å². The van der Waals surface area contributed by atoms with Crippen LogP contribution in [-0.4, -0.2) is 33.1 Å². The number of rotatable bonds is 4. The van der Waals surface area contributed by atoms with Crippen molar-refractivity contribution in [1.29, 1.82) is 0 Å². The maximum absolute atomic E-state index is 12.2. The highest BCUT2D eigenvalue weighted by Gasteiger charge is 2.29. The summed E-state index contributed by atoms with van der Waals surface area (Å²) in [6, 6.07) is 0.133. The SMILES string of the molecule is Cc1cnn(C2CCCC2)c1NC(=O)NCC1(O)CCCCC1. The van der Waals surface area contributed by atoms with Crippen molar-refractivity contribution >= 4 is 11.8 Å². The lowest BCUT2D eigenvalue weighted by Crippen LogP contribution is -2.45. The Kier molecular flexibility index (Phi) is 4.90. The van der Waals surface area contributed by atoms with Gasteiger partial charge in [-0.15, -0.1) is 0 Å². The molecule has 0 bridgehead atoms. The summed E-state index contributed by atoms with van der Waals surface area (Å²) in [5, 5.41) is 20.7. The van der Waals surface area contributed by atoms with Crippen LogP contribution in [0.5, 0.6) is 0 Å². The van der Waals surface area contributed by atoms with E-state index in [0.717, 1.165) is 49.9 Å². The van der Waals surface area contributed by atoms with E-state index in [9.17, 15) is 9.90 Å². The van der Waals surface area contributed by atoms with Gasteiger partial charge in [-0.05, 0) is 32.6 Å². The molecule has 2 aliphatic rings. The van der Waals surface area contributed by atoms with E-state index in [1.54, 1.807) is 0 Å². The first kappa shape index (κ1) is 16.3. The van der Waals surface area contributed by atoms with E-state index >= 15 is 0 Å². The van der Waals surface area contributed by atoms with Gasteiger partial charge >= 0.3 is 6.03 Å². The van der Waals surface area contributed by atoms with Crippen molar-refractivity contribution in [1.82, 2.24) is 15.1 Å². The van der Waals surface area contributed by atoms with Crippen molar-refractivity contribution in [3.05, 3.63) is 11.8 Å². The number of hydrogen-bond donors (Lipinski definition) is 3. The topological polar surface area (TPSA) is 79.2 Å². The average molecular weight is 320 g/mol. The third kappa shape index (κ3) is 3.86. The van der Waals surface area contributed by atoms with Crippen LogP contribution in [0, 0.1) is 6.92 Å². The third-order valence-electron chi connectivity index (χ3n) is 5.24. The van der Waals surface area contributed by atoms with Crippen molar-refractivity contribution in [3.8, 4) is 0 Å². The summed E-state index contributed by atoms with van der Waals surface area (Å²) in [6.45, 7) is 2.28. The Morgan fingerprint density at radius 1 is 1.30 bits per heavy atom. The molecular weight excluding hydrogens is 292 g/mol. The summed E-state index contributed by atoms with van der Waals surface area (Å²) >= 11 is 0. The molecule has 2 fully saturated rings. The van der Waals surface area contributed by atoms with Gasteiger partial charge in [0.15, 0.2) is 0 Å². The van der Waals surface area contributed by atoms with Crippen LogP contribution in [0.25, 0.3) is 0 Å². The normalized spacial score (nSPS) is 21.3. The maximum Gasteiger partial charge on any atom is 0.320 e. The molecule has 0 spiro atoms. The maximum atomic E-state index is 12.2. The summed E-state index contributed by atoms with van der Waals surface area (Å²) in [4.78, 5) is 12.2. The first-order valence-corrected chi connectivity index (χ1v) is 8.89. The van der Waals surface area contributed by atoms with Crippen LogP contribution in [0.3, 0.4) is 0 Å². The van der Waals surface area contributed by atoms with Gasteiger partial charge in [-0.25, -0.2) is 9.48 Å². The molecule has 0 atom stereocenters. The van der Waals surface area contributed by atoms with Crippen molar-refractivity contribution in [2.45, 2.75) is 76.4 Å². The van der Waals surface area contributed by atoms with Crippen molar-refractivity contribution in [3.63, 3.8) is 0 Å². The Labute approximate surface area is 137 Å². The van der Waals surface area contributed by atoms with E-state index in [0.29, 0.717) is 12.6 Å². The second-order valence-corrected chi connectivity index (χ2v) is 7.15. The lowest BCUT2D eigenvalue weighted by atomic mass is 9.85. The van der Waals surface area contributed by atoms with E-state index < -0.39 is 5.60 Å². The van der Waals surface area contributed by atoms with Crippen LogP contribution >= 0.6 is 0 Å². The number of urea groups is 1. The predicted octanol–water partition coefficient (Wildman–Crippen LogP) is 3.12. The molecule has 2 amide bonds. The van der Waals surface area contributed by atoms with Gasteiger partial charge in [-0.1, -0.05) is 32.1 Å². The number of amides is 2. The van der Waals surface area contributed by atoms with Crippen molar-refractivity contribution in [2.24, 2.45) is 0 Å². The number of aliphatic hydroxyl groups is 1. The third-order valence-corrected chi connectivity index (χ3v) is 5.24. The molecule has 2 aliphatic carbocycles. The second kappa shape index (κ2) is 6.91. The Hall–Kier alpha value is -1.56. The fourth-order valence-corrected chi connectivity index (χ4v) is 3.81. The van der Waals surface area contributed by atoms with Gasteiger partial charge in [0.05, 0.1) is 17.8 Å². The average Bonchev–Trinajstić information content (AvgIpc) is 3.17. The molecular formula is C17H28N4O2. The molecule has 6 nitrogen and oxygen atoms in total. The Bertz CT molecular complexity index is 543. The van der Waals surface area contributed by atoms with Gasteiger partial charge in [0, 0.05) is 12.1 Å². The monoisotopic (exact) mass is 320 g/mol. The van der Waals surface area contributed by atoms with Crippen LogP contribution in [0.1, 0.15) is 69.4 Å². The largest absolute Gasteiger partial charge is 0.388 e. The second-order valence-electron chi connectivity index (χ2n) is 7.15. The summed E-state index contributed by atoms with van der Waals surface area (Å²) < 4.78 is 1.96. The van der Waals surface area contributed by atoms with Crippen LogP contribution in [-0.2, 0) is 0 Å². The molecule has 2 saturated carbocycles. The fraction of sp³-hybridized carbons (Fsp3) is 0.765. The molecule has 23 heavy (non-hydrogen) atoms. The minimum Gasteiger partial charge on any atom is -0.388 e. The van der Waals surface area contributed by atoms with Crippen LogP contribution in [0.15, 0.2) is 6.20 Å². The zero-order chi connectivity index (χ0) is 16.3. The molecule has 1 heterocycles. The number of carbonyl (C=O) groups excluding carboxylic acids is 1. The van der Waals surface area contributed by atoms with Crippen molar-refractivity contribution in [2.75, 3.05) is 11.9 Å². The number of hydrogen-bond acceptors (Lipinski definition) is 3. The van der Waals surface area contributed by atoms with Gasteiger partial charge in [0.2, 0.25) is 0 Å². The quantitative estimate of drug-likeness (QED) is 0.797. The summed E-state index contributed by atoms with van der Waals surface area (Å²) in [7, 11) is 0. The minimum atomic E-state index is -0.740. The molecule has 6 heteroatoms. The number of nitrogens with one attached hydrogen (secondary N) is 2. The zero-order valence-corrected chi connectivity index (χ0v) is 14.0. The number of aromatic nitrogens is 2. The van der Waals surface area contributed by atoms with Gasteiger partial charge in [0.25, 0.3) is 0 Å². The van der Waals surface area contributed by atoms with E-state index in [1.807, 2.05) is 17.8 Å². The summed E-state index contributed by atoms with van der Waals surface area (Å²) in [5.74, 6) is 0.782. The highest BCUT2D eigenvalue weighted by Crippen LogP contribution is 2.32. The van der Waals surface area contributed by atoms with Gasteiger partial charge in [0.1, 0.15) is 5.82 Å². The highest BCUT2D eigenvalue weighted by atomic mass is 16.3. The molecule has 0 radical (unpaired) electrons. The van der Waals surface area contributed by atoms with Gasteiger partial charge in [-0.3, -0.25) is 5.32 Å². The fourth-order valence-electron chi connectivity index (χ4n) is 3.81. The van der Waals surface area contributed by atoms with Gasteiger partial charge < -0.3 is 10.4 Å². The Morgan fingerprint density at radius 2 is 2.00 bits per heavy atom. The lowest BCUT2D eigenvalue weighted by Gasteiger charge is -2.32. The highest BCUT2D eigenvalue weighted by molar-refractivity contribution is 5.89. The number of aryl methyl sites for hydroxylation is 1. The number of nitrogens with zero attached hydrogens (tertiary/aromatic N) is 2. The zero-order valence-electron chi connectivity index (χ0n) is 14.0. The van der Waals surface area contributed by atoms with E-state index in [1.165, 1.54) is 19.3 Å². The summed E-state index contributed by atoms with van der Waals surface area (Å²) in [6.07, 6.45) is 11.3. The molecule has 3 rings (SSSR count). The molecule has 128 valence electrons. The first-order valence-electron chi connectivity index (χ1n) is 8.89. The molecule has 0 unspecified atom stereocenters. The van der Waals surface area contributed by atoms with Crippen LogP contribution in [0.2, 0.25) is 0 Å². The first-order chi connectivity index (χ1) is 11.1. The number of anilines is 1. The van der Waals surface area contributed by atoms with Crippen LogP contribution in [0.4, 0.5) is 10.6 Å². The lowest BCUT2D eigenvalue weighted by molar-refractivity contribution is 0.00754. The Morgan fingerprint density at radius 3 is 2.70 bits per heavy atom. The Balaban J connectivity index is 1.58. The number of carbonyl (C=O) groups is 1. The molecule has 0 aromatic carbocycles. The minimum absolute atomic E-state index is 0.258.